The fraction of sp³-hybridized carbons (Fsp3) is 0.111. The minimum Gasteiger partial charge on any atom is -0.267 e. The number of carbonyl (C=O) groups excluding carboxylic acids is 1. The van der Waals surface area contributed by atoms with Crippen molar-refractivity contribution in [3.05, 3.63) is 77.9 Å². The predicted octanol–water partition coefficient (Wildman–Crippen LogP) is 3.90. The molecule has 0 saturated heterocycles. The highest BCUT2D eigenvalue weighted by Crippen LogP contribution is 2.02. The second kappa shape index (κ2) is 7.80. The van der Waals surface area contributed by atoms with Crippen LogP contribution in [0.25, 0.3) is 6.08 Å². The highest BCUT2D eigenvalue weighted by atomic mass is 16.2. The van der Waals surface area contributed by atoms with E-state index in [2.05, 4.69) is 10.5 Å². The van der Waals surface area contributed by atoms with Crippen molar-refractivity contribution in [1.29, 1.82) is 0 Å². The second-order valence-corrected chi connectivity index (χ2v) is 4.51. The number of nitrogens with zero attached hydrogens (tertiary/aromatic N) is 1. The maximum atomic E-state index is 11.9. The lowest BCUT2D eigenvalue weighted by Crippen LogP contribution is -2.18. The summed E-state index contributed by atoms with van der Waals surface area (Å²) in [6, 6.07) is 19.0. The van der Waals surface area contributed by atoms with Gasteiger partial charge in [0.15, 0.2) is 0 Å². The molecule has 0 aliphatic carbocycles. The summed E-state index contributed by atoms with van der Waals surface area (Å²) < 4.78 is 0. The van der Waals surface area contributed by atoms with Crippen LogP contribution in [0.2, 0.25) is 0 Å². The SMILES string of the molecule is CCC(/C=C/c1ccccc1)=N\NC(=O)c1ccccc1. The molecule has 2 aromatic carbocycles. The first-order valence-corrected chi connectivity index (χ1v) is 6.94. The Morgan fingerprint density at radius 3 is 2.29 bits per heavy atom. The van der Waals surface area contributed by atoms with Crippen LogP contribution in [0.4, 0.5) is 0 Å². The van der Waals surface area contributed by atoms with Crippen molar-refractivity contribution in [2.45, 2.75) is 13.3 Å². The van der Waals surface area contributed by atoms with Crippen LogP contribution in [0.1, 0.15) is 29.3 Å². The zero-order chi connectivity index (χ0) is 14.9. The van der Waals surface area contributed by atoms with Crippen molar-refractivity contribution in [1.82, 2.24) is 5.43 Å². The van der Waals surface area contributed by atoms with Crippen LogP contribution in [0, 0.1) is 0 Å². The number of hydrogen-bond donors (Lipinski definition) is 1. The highest BCUT2D eigenvalue weighted by Gasteiger charge is 2.02. The summed E-state index contributed by atoms with van der Waals surface area (Å²) in [5.41, 5.74) is 5.11. The average molecular weight is 278 g/mol. The summed E-state index contributed by atoms with van der Waals surface area (Å²) in [5.74, 6) is -0.199. The van der Waals surface area contributed by atoms with Gasteiger partial charge in [0.05, 0.1) is 5.71 Å². The van der Waals surface area contributed by atoms with Gasteiger partial charge in [0, 0.05) is 5.56 Å². The molecule has 0 atom stereocenters. The molecule has 0 saturated carbocycles. The Kier molecular flexibility index (Phi) is 5.47. The Balaban J connectivity index is 2.01. The van der Waals surface area contributed by atoms with E-state index < -0.39 is 0 Å². The van der Waals surface area contributed by atoms with Gasteiger partial charge in [-0.1, -0.05) is 61.5 Å². The largest absolute Gasteiger partial charge is 0.271 e. The van der Waals surface area contributed by atoms with E-state index in [9.17, 15) is 4.79 Å². The van der Waals surface area contributed by atoms with Crippen molar-refractivity contribution in [3.63, 3.8) is 0 Å². The van der Waals surface area contributed by atoms with Gasteiger partial charge in [-0.2, -0.15) is 5.10 Å². The zero-order valence-corrected chi connectivity index (χ0v) is 12.0. The van der Waals surface area contributed by atoms with Gasteiger partial charge in [-0.25, -0.2) is 5.43 Å². The molecule has 1 amide bonds. The van der Waals surface area contributed by atoms with Crippen LogP contribution in [-0.4, -0.2) is 11.6 Å². The number of hydrazone groups is 1. The third-order valence-electron chi connectivity index (χ3n) is 2.97. The van der Waals surface area contributed by atoms with Crippen molar-refractivity contribution >= 4 is 17.7 Å². The van der Waals surface area contributed by atoms with Crippen molar-refractivity contribution < 1.29 is 4.79 Å². The first-order valence-electron chi connectivity index (χ1n) is 6.94. The van der Waals surface area contributed by atoms with Crippen LogP contribution < -0.4 is 5.43 Å². The predicted molar refractivity (Wildman–Crippen MR) is 87.1 cm³/mol. The fourth-order valence-electron chi connectivity index (χ4n) is 1.77. The quantitative estimate of drug-likeness (QED) is 0.654. The molecule has 0 unspecified atom stereocenters. The Bertz CT molecular complexity index is 631. The molecule has 21 heavy (non-hydrogen) atoms. The van der Waals surface area contributed by atoms with Crippen molar-refractivity contribution in [3.8, 4) is 0 Å². The van der Waals surface area contributed by atoms with E-state index in [1.54, 1.807) is 12.1 Å². The van der Waals surface area contributed by atoms with E-state index in [0.717, 1.165) is 17.7 Å². The Labute approximate surface area is 125 Å². The fourth-order valence-corrected chi connectivity index (χ4v) is 1.77. The van der Waals surface area contributed by atoms with Crippen molar-refractivity contribution in [2.24, 2.45) is 5.10 Å². The molecule has 1 N–H and O–H groups in total. The van der Waals surface area contributed by atoms with Crippen LogP contribution in [0.3, 0.4) is 0 Å². The third-order valence-corrected chi connectivity index (χ3v) is 2.97. The summed E-state index contributed by atoms with van der Waals surface area (Å²) in [5, 5.41) is 4.16. The van der Waals surface area contributed by atoms with Gasteiger partial charge in [-0.15, -0.1) is 0 Å². The number of benzene rings is 2. The normalized spacial score (nSPS) is 11.6. The van der Waals surface area contributed by atoms with Gasteiger partial charge < -0.3 is 0 Å². The lowest BCUT2D eigenvalue weighted by Gasteiger charge is -2.01. The molecule has 0 aromatic heterocycles. The maximum Gasteiger partial charge on any atom is 0.271 e. The summed E-state index contributed by atoms with van der Waals surface area (Å²) in [7, 11) is 0. The molecule has 0 heterocycles. The standard InChI is InChI=1S/C18H18N2O/c1-2-17(14-13-15-9-5-3-6-10-15)19-20-18(21)16-11-7-4-8-12-16/h3-14H,2H2,1H3,(H,20,21)/b14-13+,19-17+. The minimum absolute atomic E-state index is 0.199. The highest BCUT2D eigenvalue weighted by molar-refractivity contribution is 6.00. The number of nitrogens with one attached hydrogen (secondary N) is 1. The van der Waals surface area contributed by atoms with Gasteiger partial charge in [0.2, 0.25) is 0 Å². The number of hydrogen-bond acceptors (Lipinski definition) is 2. The molecule has 0 bridgehead atoms. The molecule has 0 spiro atoms. The summed E-state index contributed by atoms with van der Waals surface area (Å²) >= 11 is 0. The Morgan fingerprint density at radius 1 is 1.05 bits per heavy atom. The second-order valence-electron chi connectivity index (χ2n) is 4.51. The van der Waals surface area contributed by atoms with Gasteiger partial charge in [0.25, 0.3) is 5.91 Å². The topological polar surface area (TPSA) is 41.5 Å². The lowest BCUT2D eigenvalue weighted by atomic mass is 10.2. The summed E-state index contributed by atoms with van der Waals surface area (Å²) in [6.07, 6.45) is 4.65. The third kappa shape index (κ3) is 4.73. The molecule has 0 aliphatic rings. The minimum atomic E-state index is -0.199. The Hall–Kier alpha value is -2.68. The zero-order valence-electron chi connectivity index (χ0n) is 12.0. The number of rotatable bonds is 5. The molecule has 0 radical (unpaired) electrons. The number of allylic oxidation sites excluding steroid dienone is 1. The van der Waals surface area contributed by atoms with E-state index in [1.807, 2.05) is 67.6 Å². The molecule has 2 aromatic rings. The first kappa shape index (κ1) is 14.7. The van der Waals surface area contributed by atoms with Crippen LogP contribution >= 0.6 is 0 Å². The lowest BCUT2D eigenvalue weighted by molar-refractivity contribution is 0.0955. The van der Waals surface area contributed by atoms with Crippen LogP contribution in [0.5, 0.6) is 0 Å². The molecule has 0 fully saturated rings. The van der Waals surface area contributed by atoms with E-state index in [0.29, 0.717) is 5.56 Å². The molecule has 3 nitrogen and oxygen atoms in total. The number of carbonyl (C=O) groups is 1. The average Bonchev–Trinajstić information content (AvgIpc) is 2.56. The molecule has 0 aliphatic heterocycles. The summed E-state index contributed by atoms with van der Waals surface area (Å²) in [6.45, 7) is 2.00. The first-order chi connectivity index (χ1) is 10.3. The van der Waals surface area contributed by atoms with Gasteiger partial charge in [0.1, 0.15) is 0 Å². The van der Waals surface area contributed by atoms with Crippen molar-refractivity contribution in [2.75, 3.05) is 0 Å². The van der Waals surface area contributed by atoms with Crippen LogP contribution in [-0.2, 0) is 0 Å². The molecular formula is C18H18N2O. The van der Waals surface area contributed by atoms with E-state index >= 15 is 0 Å². The van der Waals surface area contributed by atoms with Gasteiger partial charge in [-0.05, 0) is 30.2 Å². The van der Waals surface area contributed by atoms with E-state index in [-0.39, 0.29) is 5.91 Å². The molecule has 2 rings (SSSR count). The summed E-state index contributed by atoms with van der Waals surface area (Å²) in [4.78, 5) is 11.9. The monoisotopic (exact) mass is 278 g/mol. The van der Waals surface area contributed by atoms with Gasteiger partial charge >= 0.3 is 0 Å². The van der Waals surface area contributed by atoms with E-state index in [4.69, 9.17) is 0 Å². The number of amides is 1. The van der Waals surface area contributed by atoms with Gasteiger partial charge in [-0.3, -0.25) is 4.79 Å². The maximum absolute atomic E-state index is 11.9. The van der Waals surface area contributed by atoms with E-state index in [1.165, 1.54) is 0 Å². The molecular weight excluding hydrogens is 260 g/mol. The van der Waals surface area contributed by atoms with Crippen LogP contribution in [0.15, 0.2) is 71.8 Å². The molecule has 106 valence electrons. The Morgan fingerprint density at radius 2 is 1.67 bits per heavy atom. The smallest absolute Gasteiger partial charge is 0.267 e. The molecule has 3 heteroatoms.